The zero-order valence-corrected chi connectivity index (χ0v) is 15.8. The van der Waals surface area contributed by atoms with E-state index < -0.39 is 0 Å². The monoisotopic (exact) mass is 355 g/mol. The molecule has 0 aliphatic carbocycles. The molecule has 0 amide bonds. The van der Waals surface area contributed by atoms with Crippen molar-refractivity contribution in [1.29, 1.82) is 0 Å². The Balaban J connectivity index is 1.76. The van der Waals surface area contributed by atoms with Crippen LogP contribution in [0.3, 0.4) is 0 Å². The number of hydrogen-bond donors (Lipinski definition) is 1. The van der Waals surface area contributed by atoms with E-state index >= 15 is 0 Å². The standard InChI is InChI=1S/C21H29N3O2/c1-3-12-26-20-8-7-17(13-21(20)25-4-2)16-24-11-10-23-15-19(24)18-6-5-9-22-14-18/h5-9,13-14,19,23H,3-4,10-12,15-16H2,1-2H3. The van der Waals surface area contributed by atoms with Gasteiger partial charge in [0.2, 0.25) is 0 Å². The minimum absolute atomic E-state index is 0.337. The number of rotatable bonds is 8. The van der Waals surface area contributed by atoms with Gasteiger partial charge in [0, 0.05) is 44.6 Å². The molecule has 1 fully saturated rings. The van der Waals surface area contributed by atoms with Gasteiger partial charge >= 0.3 is 0 Å². The smallest absolute Gasteiger partial charge is 0.161 e. The van der Waals surface area contributed by atoms with Crippen LogP contribution in [0.15, 0.2) is 42.7 Å². The van der Waals surface area contributed by atoms with Crippen LogP contribution in [0, 0.1) is 0 Å². The quantitative estimate of drug-likeness (QED) is 0.786. The van der Waals surface area contributed by atoms with Crippen LogP contribution < -0.4 is 14.8 Å². The van der Waals surface area contributed by atoms with Crippen LogP contribution in [0.5, 0.6) is 11.5 Å². The Labute approximate surface area is 156 Å². The highest BCUT2D eigenvalue weighted by molar-refractivity contribution is 5.43. The molecule has 1 aliphatic rings. The van der Waals surface area contributed by atoms with Gasteiger partial charge in [0.15, 0.2) is 11.5 Å². The fraction of sp³-hybridized carbons (Fsp3) is 0.476. The normalized spacial score (nSPS) is 17.8. The van der Waals surface area contributed by atoms with Gasteiger partial charge in [0.05, 0.1) is 13.2 Å². The zero-order valence-electron chi connectivity index (χ0n) is 15.8. The maximum absolute atomic E-state index is 5.82. The molecule has 1 aliphatic heterocycles. The molecule has 1 aromatic carbocycles. The summed E-state index contributed by atoms with van der Waals surface area (Å²) >= 11 is 0. The first-order valence-electron chi connectivity index (χ1n) is 9.55. The zero-order chi connectivity index (χ0) is 18.2. The van der Waals surface area contributed by atoms with Crippen molar-refractivity contribution in [3.8, 4) is 11.5 Å². The second-order valence-electron chi connectivity index (χ2n) is 6.54. The van der Waals surface area contributed by atoms with Gasteiger partial charge in [-0.1, -0.05) is 19.1 Å². The first-order valence-corrected chi connectivity index (χ1v) is 9.55. The predicted molar refractivity (Wildman–Crippen MR) is 104 cm³/mol. The summed E-state index contributed by atoms with van der Waals surface area (Å²) in [5.74, 6) is 1.67. The highest BCUT2D eigenvalue weighted by atomic mass is 16.5. The topological polar surface area (TPSA) is 46.6 Å². The molecule has 0 radical (unpaired) electrons. The van der Waals surface area contributed by atoms with Crippen LogP contribution in [-0.2, 0) is 6.54 Å². The molecular weight excluding hydrogens is 326 g/mol. The van der Waals surface area contributed by atoms with E-state index in [9.17, 15) is 0 Å². The first-order chi connectivity index (χ1) is 12.8. The van der Waals surface area contributed by atoms with Crippen molar-refractivity contribution in [1.82, 2.24) is 15.2 Å². The summed E-state index contributed by atoms with van der Waals surface area (Å²) in [5, 5.41) is 3.50. The van der Waals surface area contributed by atoms with E-state index in [1.165, 1.54) is 11.1 Å². The Kier molecular flexibility index (Phi) is 6.86. The number of hydrogen-bond acceptors (Lipinski definition) is 5. The summed E-state index contributed by atoms with van der Waals surface area (Å²) in [6.45, 7) is 9.31. The lowest BCUT2D eigenvalue weighted by Gasteiger charge is -2.36. The van der Waals surface area contributed by atoms with Gasteiger partial charge in [-0.3, -0.25) is 9.88 Å². The van der Waals surface area contributed by atoms with Crippen molar-refractivity contribution in [2.24, 2.45) is 0 Å². The molecule has 1 unspecified atom stereocenters. The summed E-state index contributed by atoms with van der Waals surface area (Å²) in [6, 6.07) is 10.8. The molecule has 1 atom stereocenters. The fourth-order valence-electron chi connectivity index (χ4n) is 3.32. The second kappa shape index (κ2) is 9.55. The van der Waals surface area contributed by atoms with Crippen LogP contribution in [0.25, 0.3) is 0 Å². The number of aromatic nitrogens is 1. The number of benzene rings is 1. The molecule has 5 nitrogen and oxygen atoms in total. The third-order valence-electron chi connectivity index (χ3n) is 4.58. The van der Waals surface area contributed by atoms with Crippen molar-refractivity contribution < 1.29 is 9.47 Å². The van der Waals surface area contributed by atoms with Gasteiger partial charge < -0.3 is 14.8 Å². The van der Waals surface area contributed by atoms with E-state index in [0.717, 1.165) is 44.1 Å². The molecule has 1 N–H and O–H groups in total. The molecule has 140 valence electrons. The maximum atomic E-state index is 5.82. The van der Waals surface area contributed by atoms with Crippen molar-refractivity contribution >= 4 is 0 Å². The van der Waals surface area contributed by atoms with Gasteiger partial charge in [0.1, 0.15) is 0 Å². The minimum atomic E-state index is 0.337. The van der Waals surface area contributed by atoms with Crippen molar-refractivity contribution in [2.75, 3.05) is 32.8 Å². The van der Waals surface area contributed by atoms with E-state index in [2.05, 4.69) is 40.3 Å². The average Bonchev–Trinajstić information content (AvgIpc) is 2.69. The minimum Gasteiger partial charge on any atom is -0.490 e. The summed E-state index contributed by atoms with van der Waals surface area (Å²) in [4.78, 5) is 6.79. The van der Waals surface area contributed by atoms with Gasteiger partial charge in [-0.05, 0) is 42.7 Å². The van der Waals surface area contributed by atoms with E-state index in [0.29, 0.717) is 19.3 Å². The lowest BCUT2D eigenvalue weighted by Crippen LogP contribution is -2.45. The predicted octanol–water partition coefficient (Wildman–Crippen LogP) is 3.42. The van der Waals surface area contributed by atoms with Crippen LogP contribution in [0.4, 0.5) is 0 Å². The van der Waals surface area contributed by atoms with E-state index in [-0.39, 0.29) is 0 Å². The van der Waals surface area contributed by atoms with Crippen molar-refractivity contribution in [3.05, 3.63) is 53.9 Å². The van der Waals surface area contributed by atoms with Gasteiger partial charge in [-0.25, -0.2) is 0 Å². The molecule has 0 saturated carbocycles. The third-order valence-corrected chi connectivity index (χ3v) is 4.58. The largest absolute Gasteiger partial charge is 0.490 e. The lowest BCUT2D eigenvalue weighted by atomic mass is 10.0. The van der Waals surface area contributed by atoms with E-state index in [1.54, 1.807) is 0 Å². The number of nitrogens with one attached hydrogen (secondary N) is 1. The summed E-state index contributed by atoms with van der Waals surface area (Å²) in [6.07, 6.45) is 4.78. The van der Waals surface area contributed by atoms with Crippen LogP contribution in [-0.4, -0.2) is 42.7 Å². The van der Waals surface area contributed by atoms with Crippen molar-refractivity contribution in [2.45, 2.75) is 32.9 Å². The molecular formula is C21H29N3O2. The van der Waals surface area contributed by atoms with Crippen LogP contribution >= 0.6 is 0 Å². The molecule has 2 heterocycles. The van der Waals surface area contributed by atoms with E-state index in [1.807, 2.05) is 31.5 Å². The number of ether oxygens (including phenoxy) is 2. The van der Waals surface area contributed by atoms with Gasteiger partial charge in [-0.2, -0.15) is 0 Å². The Morgan fingerprint density at radius 2 is 2.12 bits per heavy atom. The highest BCUT2D eigenvalue weighted by Crippen LogP contribution is 2.31. The molecule has 1 aromatic heterocycles. The highest BCUT2D eigenvalue weighted by Gasteiger charge is 2.24. The van der Waals surface area contributed by atoms with Gasteiger partial charge in [0.25, 0.3) is 0 Å². The fourth-order valence-corrected chi connectivity index (χ4v) is 3.32. The Morgan fingerprint density at radius 3 is 2.88 bits per heavy atom. The Bertz CT molecular complexity index is 678. The molecule has 26 heavy (non-hydrogen) atoms. The lowest BCUT2D eigenvalue weighted by molar-refractivity contribution is 0.153. The number of piperazine rings is 1. The average molecular weight is 355 g/mol. The summed E-state index contributed by atoms with van der Waals surface area (Å²) in [7, 11) is 0. The molecule has 0 bridgehead atoms. The summed E-state index contributed by atoms with van der Waals surface area (Å²) < 4.78 is 11.6. The molecule has 5 heteroatoms. The number of pyridine rings is 1. The molecule has 0 spiro atoms. The molecule has 3 rings (SSSR count). The second-order valence-corrected chi connectivity index (χ2v) is 6.54. The maximum Gasteiger partial charge on any atom is 0.161 e. The third kappa shape index (κ3) is 4.74. The van der Waals surface area contributed by atoms with E-state index in [4.69, 9.17) is 9.47 Å². The van der Waals surface area contributed by atoms with Crippen LogP contribution in [0.2, 0.25) is 0 Å². The molecule has 1 saturated heterocycles. The first kappa shape index (κ1) is 18.7. The van der Waals surface area contributed by atoms with Gasteiger partial charge in [-0.15, -0.1) is 0 Å². The van der Waals surface area contributed by atoms with Crippen LogP contribution in [0.1, 0.15) is 37.4 Å². The molecule has 2 aromatic rings. The number of nitrogens with zero attached hydrogens (tertiary/aromatic N) is 2. The van der Waals surface area contributed by atoms with Crippen molar-refractivity contribution in [3.63, 3.8) is 0 Å². The summed E-state index contributed by atoms with van der Waals surface area (Å²) in [5.41, 5.74) is 2.50. The Morgan fingerprint density at radius 1 is 1.19 bits per heavy atom. The SMILES string of the molecule is CCCOc1ccc(CN2CCNCC2c2cccnc2)cc1OCC. The Hall–Kier alpha value is -2.11.